The van der Waals surface area contributed by atoms with Crippen molar-refractivity contribution >= 4 is 27.8 Å². The van der Waals surface area contributed by atoms with Crippen LogP contribution in [-0.4, -0.2) is 29.0 Å². The van der Waals surface area contributed by atoms with Crippen LogP contribution < -0.4 is 0 Å². The Kier molecular flexibility index (Phi) is 3.12. The maximum atomic E-state index is 5.88. The molecule has 114 valence electrons. The Hall–Kier alpha value is -3.08. The third-order valence-corrected chi connectivity index (χ3v) is 3.44. The van der Waals surface area contributed by atoms with Gasteiger partial charge in [-0.25, -0.2) is 9.97 Å². The van der Waals surface area contributed by atoms with Gasteiger partial charge in [-0.2, -0.15) is 0 Å². The van der Waals surface area contributed by atoms with E-state index in [0.29, 0.717) is 17.4 Å². The van der Waals surface area contributed by atoms with Gasteiger partial charge in [0.1, 0.15) is 16.6 Å². The summed E-state index contributed by atoms with van der Waals surface area (Å²) in [4.78, 5) is 11.0. The molecule has 4 rings (SSSR count). The number of hydrogen-bond acceptors (Lipinski definition) is 5. The molecule has 4 aromatic rings. The normalized spacial score (nSPS) is 11.0. The molecule has 0 aliphatic rings. The number of rotatable bonds is 3. The Morgan fingerprint density at radius 2 is 1.30 bits per heavy atom. The number of fused-ring (bicyclic) bond motifs is 2. The maximum Gasteiger partial charge on any atom is 0.234 e. The molecule has 0 aliphatic heterocycles. The summed E-state index contributed by atoms with van der Waals surface area (Å²) in [5, 5.41) is 0. The Labute approximate surface area is 132 Å². The third kappa shape index (κ3) is 2.46. The van der Waals surface area contributed by atoms with Crippen LogP contribution in [0.5, 0.6) is 0 Å². The average molecular weight is 305 g/mol. The predicted molar refractivity (Wildman–Crippen MR) is 88.8 cm³/mol. The molecule has 0 saturated carbocycles. The first-order valence-electron chi connectivity index (χ1n) is 7.31. The van der Waals surface area contributed by atoms with E-state index in [2.05, 4.69) is 9.97 Å². The molecule has 2 aromatic heterocycles. The molecule has 0 amide bonds. The van der Waals surface area contributed by atoms with E-state index in [4.69, 9.17) is 8.83 Å². The molecule has 0 atom stereocenters. The van der Waals surface area contributed by atoms with Crippen LogP contribution in [-0.2, 0) is 0 Å². The van der Waals surface area contributed by atoms with Crippen molar-refractivity contribution in [2.75, 3.05) is 14.1 Å². The summed E-state index contributed by atoms with van der Waals surface area (Å²) < 4.78 is 11.8. The molecule has 0 fully saturated rings. The molecule has 2 heterocycles. The number of para-hydroxylation sites is 4. The zero-order chi connectivity index (χ0) is 15.8. The molecule has 5 heteroatoms. The lowest BCUT2D eigenvalue weighted by atomic mass is 10.3. The summed E-state index contributed by atoms with van der Waals surface area (Å²) in [5.41, 5.74) is 3.81. The van der Waals surface area contributed by atoms with Crippen LogP contribution in [0.2, 0.25) is 0 Å². The van der Waals surface area contributed by atoms with Crippen molar-refractivity contribution in [1.82, 2.24) is 14.9 Å². The van der Waals surface area contributed by atoms with Crippen molar-refractivity contribution < 1.29 is 8.83 Å². The molecule has 0 aliphatic carbocycles. The lowest BCUT2D eigenvalue weighted by Crippen LogP contribution is -2.03. The number of oxazole rings is 2. The highest BCUT2D eigenvalue weighted by Gasteiger charge is 2.19. The van der Waals surface area contributed by atoms with Gasteiger partial charge >= 0.3 is 0 Å². The highest BCUT2D eigenvalue weighted by Crippen LogP contribution is 2.28. The van der Waals surface area contributed by atoms with Gasteiger partial charge in [0.2, 0.25) is 11.8 Å². The zero-order valence-corrected chi connectivity index (χ0v) is 12.9. The fourth-order valence-electron chi connectivity index (χ4n) is 2.43. The Balaban J connectivity index is 1.90. The summed E-state index contributed by atoms with van der Waals surface area (Å²) >= 11 is 0. The Bertz CT molecular complexity index is 869. The first kappa shape index (κ1) is 13.6. The number of nitrogens with zero attached hydrogens (tertiary/aromatic N) is 3. The van der Waals surface area contributed by atoms with Crippen molar-refractivity contribution in [1.29, 1.82) is 0 Å². The van der Waals surface area contributed by atoms with Crippen molar-refractivity contribution in [2.45, 2.75) is 0 Å². The zero-order valence-electron chi connectivity index (χ0n) is 12.9. The van der Waals surface area contributed by atoms with Crippen LogP contribution in [0.1, 0.15) is 11.8 Å². The highest BCUT2D eigenvalue weighted by atomic mass is 16.4. The van der Waals surface area contributed by atoms with Gasteiger partial charge in [0.15, 0.2) is 11.2 Å². The van der Waals surface area contributed by atoms with Crippen LogP contribution >= 0.6 is 0 Å². The van der Waals surface area contributed by atoms with Crippen LogP contribution in [0.3, 0.4) is 0 Å². The average Bonchev–Trinajstić information content (AvgIpc) is 3.15. The molecule has 0 bridgehead atoms. The Morgan fingerprint density at radius 3 is 1.74 bits per heavy atom. The van der Waals surface area contributed by atoms with E-state index in [9.17, 15) is 0 Å². The van der Waals surface area contributed by atoms with E-state index in [-0.39, 0.29) is 0 Å². The fraction of sp³-hybridized carbons (Fsp3) is 0.111. The molecule has 0 radical (unpaired) electrons. The van der Waals surface area contributed by atoms with Crippen LogP contribution in [0, 0.1) is 0 Å². The first-order valence-corrected chi connectivity index (χ1v) is 7.31. The van der Waals surface area contributed by atoms with Gasteiger partial charge in [-0.15, -0.1) is 0 Å². The molecule has 0 spiro atoms. The van der Waals surface area contributed by atoms with Gasteiger partial charge < -0.3 is 13.7 Å². The second-order valence-electron chi connectivity index (χ2n) is 5.48. The lowest BCUT2D eigenvalue weighted by molar-refractivity contribution is 0.534. The van der Waals surface area contributed by atoms with Gasteiger partial charge in [-0.1, -0.05) is 24.3 Å². The van der Waals surface area contributed by atoms with Gasteiger partial charge in [-0.05, 0) is 24.3 Å². The van der Waals surface area contributed by atoms with E-state index in [1.165, 1.54) is 0 Å². The van der Waals surface area contributed by atoms with Crippen molar-refractivity contribution in [3.8, 4) is 0 Å². The lowest BCUT2D eigenvalue weighted by Gasteiger charge is -2.06. The highest BCUT2D eigenvalue weighted by molar-refractivity contribution is 5.81. The van der Waals surface area contributed by atoms with E-state index < -0.39 is 0 Å². The summed E-state index contributed by atoms with van der Waals surface area (Å²) in [6.07, 6.45) is 1.90. The topological polar surface area (TPSA) is 55.3 Å². The minimum Gasteiger partial charge on any atom is -0.436 e. The van der Waals surface area contributed by atoms with Crippen molar-refractivity contribution in [3.05, 3.63) is 66.5 Å². The largest absolute Gasteiger partial charge is 0.436 e. The van der Waals surface area contributed by atoms with Gasteiger partial charge in [0.25, 0.3) is 0 Å². The summed E-state index contributed by atoms with van der Waals surface area (Å²) in [6, 6.07) is 15.3. The van der Waals surface area contributed by atoms with Gasteiger partial charge in [-0.3, -0.25) is 0 Å². The molecular weight excluding hydrogens is 290 g/mol. The minimum atomic E-state index is 0.492. The Morgan fingerprint density at radius 1 is 0.826 bits per heavy atom. The molecule has 0 unspecified atom stereocenters. The smallest absolute Gasteiger partial charge is 0.234 e. The molecular formula is C18H15N3O2. The second kappa shape index (κ2) is 5.28. The molecule has 2 aromatic carbocycles. The minimum absolute atomic E-state index is 0.492. The molecule has 0 N–H and O–H groups in total. The van der Waals surface area contributed by atoms with Gasteiger partial charge in [0.05, 0.1) is 0 Å². The third-order valence-electron chi connectivity index (χ3n) is 3.44. The first-order chi connectivity index (χ1) is 11.2. The van der Waals surface area contributed by atoms with Crippen LogP contribution in [0.15, 0.2) is 63.6 Å². The molecule has 0 saturated heterocycles. The second-order valence-corrected chi connectivity index (χ2v) is 5.48. The van der Waals surface area contributed by atoms with Crippen molar-refractivity contribution in [3.63, 3.8) is 0 Å². The quantitative estimate of drug-likeness (QED) is 0.574. The van der Waals surface area contributed by atoms with E-state index >= 15 is 0 Å². The number of hydrogen-bond donors (Lipinski definition) is 0. The molecule has 23 heavy (non-hydrogen) atoms. The fourth-order valence-corrected chi connectivity index (χ4v) is 2.43. The van der Waals surface area contributed by atoms with E-state index in [1.54, 1.807) is 0 Å². The van der Waals surface area contributed by atoms with Crippen LogP contribution in [0.25, 0.3) is 27.8 Å². The van der Waals surface area contributed by atoms with Crippen LogP contribution in [0.4, 0.5) is 0 Å². The van der Waals surface area contributed by atoms with Crippen molar-refractivity contribution in [2.24, 2.45) is 0 Å². The standard InChI is InChI=1S/C18H15N3O2/c1-21(2)11-12(17-19-13-7-3-5-9-15(13)22-17)18-20-14-8-4-6-10-16(14)23-18/h3-11H,1-2H3. The summed E-state index contributed by atoms with van der Waals surface area (Å²) in [7, 11) is 3.87. The monoisotopic (exact) mass is 305 g/mol. The van der Waals surface area contributed by atoms with Gasteiger partial charge in [0, 0.05) is 20.3 Å². The SMILES string of the molecule is CN(C)C=C(c1nc2ccccc2o1)c1nc2ccccc2o1. The molecule has 5 nitrogen and oxygen atoms in total. The summed E-state index contributed by atoms with van der Waals surface area (Å²) in [5.74, 6) is 0.984. The number of benzene rings is 2. The number of aromatic nitrogens is 2. The maximum absolute atomic E-state index is 5.88. The summed E-state index contributed by atoms with van der Waals surface area (Å²) in [6.45, 7) is 0. The van der Waals surface area contributed by atoms with E-state index in [0.717, 1.165) is 22.2 Å². The van der Waals surface area contributed by atoms with E-state index in [1.807, 2.05) is 73.7 Å². The predicted octanol–water partition coefficient (Wildman–Crippen LogP) is 3.92.